The van der Waals surface area contributed by atoms with Gasteiger partial charge < -0.3 is 0 Å². The lowest BCUT2D eigenvalue weighted by molar-refractivity contribution is -0.117. The van der Waals surface area contributed by atoms with Gasteiger partial charge in [-0.15, -0.1) is 5.10 Å². The molecule has 2 heterocycles. The molecule has 0 fully saturated rings. The molecular formula is C16H22N6O2. The maximum Gasteiger partial charge on any atom is 0.267 e. The molecule has 2 aromatic heterocycles. The Morgan fingerprint density at radius 3 is 2.88 bits per heavy atom. The first kappa shape index (κ1) is 16.4. The summed E-state index contributed by atoms with van der Waals surface area (Å²) in [7, 11) is 0. The van der Waals surface area contributed by atoms with Gasteiger partial charge in [-0.2, -0.15) is 10.1 Å². The van der Waals surface area contributed by atoms with Gasteiger partial charge in [-0.1, -0.05) is 20.3 Å². The van der Waals surface area contributed by atoms with Crippen LogP contribution in [0.2, 0.25) is 0 Å². The van der Waals surface area contributed by atoms with Crippen LogP contribution in [0.25, 0.3) is 0 Å². The Kier molecular flexibility index (Phi) is 4.73. The van der Waals surface area contributed by atoms with E-state index in [0.29, 0.717) is 5.82 Å². The molecule has 0 aliphatic heterocycles. The van der Waals surface area contributed by atoms with Gasteiger partial charge in [0.25, 0.3) is 5.56 Å². The largest absolute Gasteiger partial charge is 0.292 e. The Labute approximate surface area is 139 Å². The Hall–Kier alpha value is -2.51. The summed E-state index contributed by atoms with van der Waals surface area (Å²) in [6.45, 7) is 3.81. The molecule has 0 bridgehead atoms. The number of hydrogen-bond acceptors (Lipinski definition) is 5. The summed E-state index contributed by atoms with van der Waals surface area (Å²) >= 11 is 0. The number of carbonyl (C=O) groups excluding carboxylic acids is 1. The van der Waals surface area contributed by atoms with E-state index in [2.05, 4.69) is 25.6 Å². The maximum atomic E-state index is 12.2. The third kappa shape index (κ3) is 3.69. The minimum absolute atomic E-state index is 0.141. The van der Waals surface area contributed by atoms with Crippen molar-refractivity contribution >= 4 is 11.9 Å². The number of hydrogen-bond donors (Lipinski definition) is 2. The van der Waals surface area contributed by atoms with E-state index in [-0.39, 0.29) is 29.9 Å². The lowest BCUT2D eigenvalue weighted by Gasteiger charge is -2.09. The van der Waals surface area contributed by atoms with Crippen LogP contribution in [0.15, 0.2) is 10.9 Å². The van der Waals surface area contributed by atoms with Crippen LogP contribution in [0, 0.1) is 0 Å². The van der Waals surface area contributed by atoms with Crippen molar-refractivity contribution in [2.75, 3.05) is 5.32 Å². The first-order valence-electron chi connectivity index (χ1n) is 8.35. The van der Waals surface area contributed by atoms with E-state index in [1.165, 1.54) is 4.68 Å². The van der Waals surface area contributed by atoms with E-state index in [9.17, 15) is 9.59 Å². The molecule has 0 radical (unpaired) electrons. The number of H-pyrrole nitrogens is 1. The normalized spacial score (nSPS) is 14.3. The molecule has 0 spiro atoms. The SMILES string of the molecule is CC(C)c1nc(NC(=O)Cn2nc3c(cc2=O)CCCCC3)n[nH]1. The number of anilines is 1. The first-order valence-corrected chi connectivity index (χ1v) is 8.35. The number of aryl methyl sites for hydroxylation is 2. The summed E-state index contributed by atoms with van der Waals surface area (Å²) in [5.41, 5.74) is 1.70. The van der Waals surface area contributed by atoms with Crippen molar-refractivity contribution in [1.82, 2.24) is 25.0 Å². The Balaban J connectivity index is 1.71. The smallest absolute Gasteiger partial charge is 0.267 e. The fourth-order valence-electron chi connectivity index (χ4n) is 2.78. The molecule has 2 aromatic rings. The Morgan fingerprint density at radius 1 is 1.33 bits per heavy atom. The van der Waals surface area contributed by atoms with Gasteiger partial charge in [0.1, 0.15) is 12.4 Å². The fraction of sp³-hybridized carbons (Fsp3) is 0.562. The molecule has 8 nitrogen and oxygen atoms in total. The van der Waals surface area contributed by atoms with Crippen molar-refractivity contribution in [2.45, 2.75) is 58.4 Å². The van der Waals surface area contributed by atoms with Crippen molar-refractivity contribution < 1.29 is 4.79 Å². The van der Waals surface area contributed by atoms with Gasteiger partial charge in [0, 0.05) is 12.0 Å². The van der Waals surface area contributed by atoms with Crippen molar-refractivity contribution in [3.63, 3.8) is 0 Å². The van der Waals surface area contributed by atoms with Gasteiger partial charge >= 0.3 is 0 Å². The molecule has 24 heavy (non-hydrogen) atoms. The number of nitrogens with zero attached hydrogens (tertiary/aromatic N) is 4. The van der Waals surface area contributed by atoms with Gasteiger partial charge in [-0.05, 0) is 31.2 Å². The quantitative estimate of drug-likeness (QED) is 0.824. The summed E-state index contributed by atoms with van der Waals surface area (Å²) in [4.78, 5) is 28.5. The van der Waals surface area contributed by atoms with Crippen LogP contribution in [0.4, 0.5) is 5.95 Å². The standard InChI is InChI=1S/C16H22N6O2/c1-10(2)15-18-16(20-19-15)17-13(23)9-22-14(24)8-11-6-4-3-5-7-12(11)21-22/h8,10H,3-7,9H2,1-2H3,(H2,17,18,19,20,23). The lowest BCUT2D eigenvalue weighted by Crippen LogP contribution is -2.31. The van der Waals surface area contributed by atoms with Gasteiger partial charge in [-0.3, -0.25) is 20.0 Å². The van der Waals surface area contributed by atoms with Crippen LogP contribution in [-0.4, -0.2) is 30.9 Å². The van der Waals surface area contributed by atoms with E-state index in [1.54, 1.807) is 6.07 Å². The molecule has 1 amide bonds. The number of aromatic nitrogens is 5. The van der Waals surface area contributed by atoms with Crippen molar-refractivity contribution in [1.29, 1.82) is 0 Å². The summed E-state index contributed by atoms with van der Waals surface area (Å²) in [5, 5.41) is 13.7. The maximum absolute atomic E-state index is 12.2. The number of amides is 1. The molecule has 0 saturated carbocycles. The van der Waals surface area contributed by atoms with Gasteiger partial charge in [-0.25, -0.2) is 4.68 Å². The monoisotopic (exact) mass is 330 g/mol. The van der Waals surface area contributed by atoms with Gasteiger partial charge in [0.2, 0.25) is 11.9 Å². The average molecular weight is 330 g/mol. The van der Waals surface area contributed by atoms with Gasteiger partial charge in [0.05, 0.1) is 5.69 Å². The zero-order valence-electron chi connectivity index (χ0n) is 14.0. The van der Waals surface area contributed by atoms with E-state index in [0.717, 1.165) is 43.4 Å². The third-order valence-corrected chi connectivity index (χ3v) is 4.12. The molecule has 0 saturated heterocycles. The predicted octanol–water partition coefficient (Wildman–Crippen LogP) is 1.39. The summed E-state index contributed by atoms with van der Waals surface area (Å²) < 4.78 is 1.22. The molecule has 128 valence electrons. The highest BCUT2D eigenvalue weighted by Gasteiger charge is 2.15. The van der Waals surface area contributed by atoms with E-state index in [1.807, 2.05) is 13.8 Å². The van der Waals surface area contributed by atoms with Gasteiger partial charge in [0.15, 0.2) is 0 Å². The second-order valence-corrected chi connectivity index (χ2v) is 6.42. The van der Waals surface area contributed by atoms with Crippen molar-refractivity contribution in [3.8, 4) is 0 Å². The highest BCUT2D eigenvalue weighted by Crippen LogP contribution is 2.16. The highest BCUT2D eigenvalue weighted by atomic mass is 16.2. The second-order valence-electron chi connectivity index (χ2n) is 6.42. The molecule has 3 rings (SSSR count). The predicted molar refractivity (Wildman–Crippen MR) is 88.9 cm³/mol. The van der Waals surface area contributed by atoms with Crippen LogP contribution in [0.3, 0.4) is 0 Å². The summed E-state index contributed by atoms with van der Waals surface area (Å²) in [6.07, 6.45) is 5.05. The van der Waals surface area contributed by atoms with E-state index >= 15 is 0 Å². The fourth-order valence-corrected chi connectivity index (χ4v) is 2.78. The number of rotatable bonds is 4. The van der Waals surface area contributed by atoms with Crippen LogP contribution >= 0.6 is 0 Å². The minimum atomic E-state index is -0.368. The summed E-state index contributed by atoms with van der Waals surface area (Å²) in [5.74, 6) is 0.738. The Morgan fingerprint density at radius 2 is 2.12 bits per heavy atom. The van der Waals surface area contributed by atoms with Crippen LogP contribution < -0.4 is 10.9 Å². The zero-order valence-corrected chi connectivity index (χ0v) is 14.0. The van der Waals surface area contributed by atoms with E-state index < -0.39 is 0 Å². The molecular weight excluding hydrogens is 308 g/mol. The first-order chi connectivity index (χ1) is 11.5. The third-order valence-electron chi connectivity index (χ3n) is 4.12. The molecule has 2 N–H and O–H groups in total. The molecule has 8 heteroatoms. The average Bonchev–Trinajstić information content (AvgIpc) is 2.87. The van der Waals surface area contributed by atoms with E-state index in [4.69, 9.17) is 0 Å². The van der Waals surface area contributed by atoms with Crippen LogP contribution in [0.5, 0.6) is 0 Å². The lowest BCUT2D eigenvalue weighted by atomic mass is 10.1. The minimum Gasteiger partial charge on any atom is -0.292 e. The number of aromatic amines is 1. The molecule has 0 unspecified atom stereocenters. The molecule has 0 atom stereocenters. The topological polar surface area (TPSA) is 106 Å². The van der Waals surface area contributed by atoms with Crippen LogP contribution in [-0.2, 0) is 24.2 Å². The zero-order chi connectivity index (χ0) is 17.1. The second kappa shape index (κ2) is 6.94. The molecule has 1 aliphatic rings. The van der Waals surface area contributed by atoms with Crippen molar-refractivity contribution in [3.05, 3.63) is 33.5 Å². The number of nitrogens with one attached hydrogen (secondary N) is 2. The summed E-state index contributed by atoms with van der Waals surface area (Å²) in [6, 6.07) is 1.62. The molecule has 1 aliphatic carbocycles. The Bertz CT molecular complexity index is 792. The van der Waals surface area contributed by atoms with Crippen molar-refractivity contribution in [2.24, 2.45) is 0 Å². The molecule has 0 aromatic carbocycles. The number of carbonyl (C=O) groups is 1. The number of fused-ring (bicyclic) bond motifs is 1. The van der Waals surface area contributed by atoms with Crippen LogP contribution in [0.1, 0.15) is 56.1 Å². The highest BCUT2D eigenvalue weighted by molar-refractivity contribution is 5.88.